The number of aromatic nitrogens is 2. The molecule has 2 saturated heterocycles. The standard InChI is InChI=1S/C28H31N7O4S/c1-2-21(36)32-17-10-6-7-11-18(17)33-26(37)25-24-23-19(12-13-29-27(23)40-25)35(28(38)34-24)20-14-31-22(15-30-20)39-16-8-4-3-5-9-16/h2-5,8-9,14-15,17-19,23,27,29H,1,6-7,10-13H2,(H,32,36)(H,33,37)(H,34,38)/t17-,18+,19?,23?,27?/m0/s1. The highest BCUT2D eigenvalue weighted by Crippen LogP contribution is 2.47. The van der Waals surface area contributed by atoms with Gasteiger partial charge in [0.05, 0.1) is 28.7 Å². The molecule has 4 N–H and O–H groups in total. The third kappa shape index (κ3) is 5.16. The van der Waals surface area contributed by atoms with Crippen molar-refractivity contribution in [3.63, 3.8) is 0 Å². The van der Waals surface area contributed by atoms with Crippen molar-refractivity contribution in [2.24, 2.45) is 5.92 Å². The average molecular weight is 562 g/mol. The fourth-order valence-corrected chi connectivity index (χ4v) is 7.33. The lowest BCUT2D eigenvalue weighted by Crippen LogP contribution is -2.62. The van der Waals surface area contributed by atoms with Gasteiger partial charge in [0.1, 0.15) is 5.75 Å². The van der Waals surface area contributed by atoms with Crippen LogP contribution >= 0.6 is 11.8 Å². The van der Waals surface area contributed by atoms with Gasteiger partial charge < -0.3 is 26.0 Å². The molecule has 4 aliphatic rings. The third-order valence-corrected chi connectivity index (χ3v) is 9.12. The molecule has 208 valence electrons. The summed E-state index contributed by atoms with van der Waals surface area (Å²) in [6.45, 7) is 4.23. The molecule has 12 heteroatoms. The summed E-state index contributed by atoms with van der Waals surface area (Å²) >= 11 is 1.45. The first kappa shape index (κ1) is 26.3. The van der Waals surface area contributed by atoms with Crippen LogP contribution in [0, 0.1) is 5.92 Å². The van der Waals surface area contributed by atoms with E-state index in [4.69, 9.17) is 4.74 Å². The minimum atomic E-state index is -0.343. The van der Waals surface area contributed by atoms with E-state index in [1.807, 2.05) is 30.3 Å². The Morgan fingerprint density at radius 2 is 1.85 bits per heavy atom. The Morgan fingerprint density at radius 1 is 1.07 bits per heavy atom. The smallest absolute Gasteiger partial charge is 0.327 e. The molecule has 6 rings (SSSR count). The predicted molar refractivity (Wildman–Crippen MR) is 150 cm³/mol. The zero-order chi connectivity index (χ0) is 27.6. The van der Waals surface area contributed by atoms with E-state index in [0.717, 1.165) is 25.7 Å². The molecule has 0 bridgehead atoms. The number of ether oxygens (including phenoxy) is 1. The van der Waals surface area contributed by atoms with E-state index < -0.39 is 0 Å². The first-order chi connectivity index (χ1) is 19.5. The van der Waals surface area contributed by atoms with Crippen LogP contribution in [0.4, 0.5) is 10.6 Å². The fourth-order valence-electron chi connectivity index (χ4n) is 5.94. The SMILES string of the molecule is C=CC(=O)N[C@H]1CCCC[C@H]1NC(=O)C1=C2NC(=O)N(c3cnc(Oc4ccccc4)cn3)C3CCNC(S1)C23. The highest BCUT2D eigenvalue weighted by Gasteiger charge is 2.52. The van der Waals surface area contributed by atoms with Gasteiger partial charge in [0.2, 0.25) is 11.8 Å². The van der Waals surface area contributed by atoms with Crippen molar-refractivity contribution in [2.75, 3.05) is 11.4 Å². The van der Waals surface area contributed by atoms with Crippen LogP contribution in [0.3, 0.4) is 0 Å². The fraction of sp³-hybridized carbons (Fsp3) is 0.393. The lowest BCUT2D eigenvalue weighted by molar-refractivity contribution is -0.120. The Morgan fingerprint density at radius 3 is 2.58 bits per heavy atom. The number of hydrogen-bond acceptors (Lipinski definition) is 8. The van der Waals surface area contributed by atoms with Gasteiger partial charge in [-0.05, 0) is 44.0 Å². The minimum absolute atomic E-state index is 0.0612. The maximum Gasteiger partial charge on any atom is 0.327 e. The van der Waals surface area contributed by atoms with Crippen molar-refractivity contribution in [3.05, 3.63) is 66.0 Å². The number of para-hydroxylation sites is 1. The summed E-state index contributed by atoms with van der Waals surface area (Å²) in [5.41, 5.74) is 0.644. The van der Waals surface area contributed by atoms with E-state index in [0.29, 0.717) is 41.0 Å². The van der Waals surface area contributed by atoms with Crippen LogP contribution in [0.25, 0.3) is 0 Å². The maximum atomic E-state index is 13.6. The van der Waals surface area contributed by atoms with E-state index in [-0.39, 0.29) is 47.3 Å². The van der Waals surface area contributed by atoms with Crippen molar-refractivity contribution in [1.82, 2.24) is 31.2 Å². The molecule has 3 aliphatic heterocycles. The second-order valence-corrected chi connectivity index (χ2v) is 11.4. The van der Waals surface area contributed by atoms with Gasteiger partial charge in [-0.15, -0.1) is 0 Å². The van der Waals surface area contributed by atoms with Crippen molar-refractivity contribution in [3.8, 4) is 11.6 Å². The van der Waals surface area contributed by atoms with E-state index in [9.17, 15) is 14.4 Å². The molecule has 2 aromatic rings. The van der Waals surface area contributed by atoms with E-state index >= 15 is 0 Å². The first-order valence-corrected chi connectivity index (χ1v) is 14.4. The second kappa shape index (κ2) is 11.3. The van der Waals surface area contributed by atoms with Crippen LogP contribution < -0.4 is 30.9 Å². The number of thioether (sulfide) groups is 1. The number of piperidine rings is 1. The Bertz CT molecular complexity index is 1340. The van der Waals surface area contributed by atoms with Crippen molar-refractivity contribution in [2.45, 2.75) is 55.6 Å². The number of benzene rings is 1. The van der Waals surface area contributed by atoms with Crippen LogP contribution in [-0.4, -0.2) is 57.9 Å². The molecule has 1 aromatic carbocycles. The summed E-state index contributed by atoms with van der Waals surface area (Å²) in [4.78, 5) is 50.0. The van der Waals surface area contributed by atoms with Crippen LogP contribution in [0.5, 0.6) is 11.6 Å². The van der Waals surface area contributed by atoms with Gasteiger partial charge in [-0.25, -0.2) is 14.8 Å². The molecular formula is C28H31N7O4S. The van der Waals surface area contributed by atoms with Crippen LogP contribution in [0.2, 0.25) is 0 Å². The molecule has 3 unspecified atom stereocenters. The number of nitrogens with one attached hydrogen (secondary N) is 4. The molecule has 0 spiro atoms. The molecule has 4 amide bonds. The number of carbonyl (C=O) groups excluding carboxylic acids is 3. The zero-order valence-corrected chi connectivity index (χ0v) is 22.7. The van der Waals surface area contributed by atoms with Gasteiger partial charge in [-0.1, -0.05) is 49.4 Å². The highest BCUT2D eigenvalue weighted by molar-refractivity contribution is 8.04. The molecule has 4 heterocycles. The van der Waals surface area contributed by atoms with Gasteiger partial charge in [0, 0.05) is 23.7 Å². The average Bonchev–Trinajstić information content (AvgIpc) is 3.35. The first-order valence-electron chi connectivity index (χ1n) is 13.5. The summed E-state index contributed by atoms with van der Waals surface area (Å²) in [5.74, 6) is 0.819. The van der Waals surface area contributed by atoms with Crippen LogP contribution in [0.15, 0.2) is 66.0 Å². The van der Waals surface area contributed by atoms with Gasteiger partial charge >= 0.3 is 6.03 Å². The molecule has 1 saturated carbocycles. The summed E-state index contributed by atoms with van der Waals surface area (Å²) in [7, 11) is 0. The quantitative estimate of drug-likeness (QED) is 0.379. The monoisotopic (exact) mass is 561 g/mol. The second-order valence-electron chi connectivity index (χ2n) is 10.2. The Labute approximate surface area is 236 Å². The Hall–Kier alpha value is -3.90. The molecule has 3 fully saturated rings. The Kier molecular flexibility index (Phi) is 7.44. The number of rotatable bonds is 7. The molecule has 40 heavy (non-hydrogen) atoms. The van der Waals surface area contributed by atoms with E-state index in [2.05, 4.69) is 37.8 Å². The minimum Gasteiger partial charge on any atom is -0.438 e. The number of hydrogen-bond donors (Lipinski definition) is 4. The number of amides is 4. The van der Waals surface area contributed by atoms with Gasteiger partial charge in [-0.2, -0.15) is 0 Å². The molecule has 0 radical (unpaired) electrons. The summed E-state index contributed by atoms with van der Waals surface area (Å²) in [6.07, 6.45) is 8.53. The van der Waals surface area contributed by atoms with Gasteiger partial charge in [0.25, 0.3) is 5.91 Å². The molecule has 1 aliphatic carbocycles. The van der Waals surface area contributed by atoms with E-state index in [1.165, 1.54) is 24.0 Å². The summed E-state index contributed by atoms with van der Waals surface area (Å²) in [5, 5.41) is 12.5. The largest absolute Gasteiger partial charge is 0.438 e. The van der Waals surface area contributed by atoms with Crippen LogP contribution in [0.1, 0.15) is 32.1 Å². The van der Waals surface area contributed by atoms with Crippen LogP contribution in [-0.2, 0) is 9.59 Å². The normalized spacial score (nSPS) is 27.4. The predicted octanol–water partition coefficient (Wildman–Crippen LogP) is 2.79. The number of urea groups is 1. The zero-order valence-electron chi connectivity index (χ0n) is 21.8. The molecule has 5 atom stereocenters. The third-order valence-electron chi connectivity index (χ3n) is 7.77. The van der Waals surface area contributed by atoms with Gasteiger partial charge in [-0.3, -0.25) is 14.5 Å². The van der Waals surface area contributed by atoms with Crippen molar-refractivity contribution < 1.29 is 19.1 Å². The lowest BCUT2D eigenvalue weighted by atomic mass is 9.86. The molecular weight excluding hydrogens is 530 g/mol. The van der Waals surface area contributed by atoms with E-state index in [1.54, 1.807) is 11.1 Å². The summed E-state index contributed by atoms with van der Waals surface area (Å²) in [6, 6.07) is 8.43. The molecule has 11 nitrogen and oxygen atoms in total. The lowest BCUT2D eigenvalue weighted by Gasteiger charge is -2.45. The Balaban J connectivity index is 1.20. The highest BCUT2D eigenvalue weighted by atomic mass is 32.2. The number of anilines is 1. The van der Waals surface area contributed by atoms with Gasteiger partial charge in [0.15, 0.2) is 5.82 Å². The summed E-state index contributed by atoms with van der Waals surface area (Å²) < 4.78 is 5.75. The number of carbonyl (C=O) groups is 3. The topological polar surface area (TPSA) is 138 Å². The maximum absolute atomic E-state index is 13.6. The van der Waals surface area contributed by atoms with Crippen molar-refractivity contribution in [1.29, 1.82) is 0 Å². The van der Waals surface area contributed by atoms with Crippen molar-refractivity contribution >= 4 is 35.4 Å². The number of nitrogens with zero attached hydrogens (tertiary/aromatic N) is 3. The molecule has 1 aromatic heterocycles.